The van der Waals surface area contributed by atoms with Crippen LogP contribution >= 0.6 is 27.3 Å². The fourth-order valence-corrected chi connectivity index (χ4v) is 4.49. The quantitative estimate of drug-likeness (QED) is 0.350. The van der Waals surface area contributed by atoms with Gasteiger partial charge in [-0.25, -0.2) is 9.37 Å². The van der Waals surface area contributed by atoms with Crippen LogP contribution in [0.5, 0.6) is 0 Å². The Hall–Kier alpha value is -3.17. The number of benzene rings is 2. The van der Waals surface area contributed by atoms with Crippen molar-refractivity contribution in [3.05, 3.63) is 69.9 Å². The second-order valence-corrected chi connectivity index (χ2v) is 8.67. The molecule has 154 valence electrons. The average molecular weight is 495 g/mol. The van der Waals surface area contributed by atoms with Gasteiger partial charge in [0.15, 0.2) is 17.2 Å². The summed E-state index contributed by atoms with van der Waals surface area (Å²) < 4.78 is 16.0. The summed E-state index contributed by atoms with van der Waals surface area (Å²) in [6.07, 6.45) is 0.676. The van der Waals surface area contributed by atoms with Crippen LogP contribution in [0.15, 0.2) is 58.4 Å². The monoisotopic (exact) mass is 494 g/mol. The lowest BCUT2D eigenvalue weighted by Gasteiger charge is -2.04. The zero-order chi connectivity index (χ0) is 21.5. The molecule has 2 N–H and O–H groups in total. The maximum atomic E-state index is 13.4. The zero-order valence-corrected chi connectivity index (χ0v) is 18.8. The molecule has 0 radical (unpaired) electrons. The van der Waals surface area contributed by atoms with Gasteiger partial charge in [-0.15, -0.1) is 21.5 Å². The van der Waals surface area contributed by atoms with Gasteiger partial charge in [-0.05, 0) is 36.2 Å². The molecular formula is C22H16BrFN6S. The highest BCUT2D eigenvalue weighted by molar-refractivity contribution is 9.10. The minimum absolute atomic E-state index is 0.295. The van der Waals surface area contributed by atoms with Crippen molar-refractivity contribution in [3.63, 3.8) is 0 Å². The number of rotatable bonds is 4. The Morgan fingerprint density at radius 3 is 2.45 bits per heavy atom. The molecule has 0 spiro atoms. The lowest BCUT2D eigenvalue weighted by molar-refractivity contribution is 0.628. The van der Waals surface area contributed by atoms with Gasteiger partial charge < -0.3 is 5.73 Å². The van der Waals surface area contributed by atoms with Gasteiger partial charge in [-0.3, -0.25) is 0 Å². The third-order valence-electron chi connectivity index (χ3n) is 4.96. The summed E-state index contributed by atoms with van der Waals surface area (Å²) in [6.45, 7) is 2.00. The van der Waals surface area contributed by atoms with Crippen molar-refractivity contribution in [2.45, 2.75) is 13.3 Å². The molecule has 0 fully saturated rings. The molecule has 0 aliphatic heterocycles. The molecule has 0 aliphatic carbocycles. The van der Waals surface area contributed by atoms with Crippen LogP contribution in [0.2, 0.25) is 0 Å². The van der Waals surface area contributed by atoms with Gasteiger partial charge >= 0.3 is 0 Å². The number of hydrogen-bond acceptors (Lipinski definition) is 6. The van der Waals surface area contributed by atoms with E-state index in [1.165, 1.54) is 23.5 Å². The first kappa shape index (κ1) is 19.8. The minimum atomic E-state index is -0.295. The van der Waals surface area contributed by atoms with Crippen LogP contribution in [-0.4, -0.2) is 24.8 Å². The topological polar surface area (TPSA) is 82.0 Å². The third-order valence-corrected chi connectivity index (χ3v) is 6.34. The molecule has 0 amide bonds. The van der Waals surface area contributed by atoms with Crippen molar-refractivity contribution in [2.24, 2.45) is 0 Å². The summed E-state index contributed by atoms with van der Waals surface area (Å²) in [5.74, 6) is 0.0706. The first-order valence-electron chi connectivity index (χ1n) is 9.56. The molecule has 0 aliphatic rings. The van der Waals surface area contributed by atoms with Crippen molar-refractivity contribution < 1.29 is 4.39 Å². The first-order chi connectivity index (χ1) is 15.0. The van der Waals surface area contributed by atoms with Crippen molar-refractivity contribution in [1.29, 1.82) is 0 Å². The van der Waals surface area contributed by atoms with E-state index in [-0.39, 0.29) is 5.82 Å². The lowest BCUT2D eigenvalue weighted by Crippen LogP contribution is -2.05. The van der Waals surface area contributed by atoms with Gasteiger partial charge in [-0.1, -0.05) is 47.1 Å². The molecular weight excluding hydrogens is 479 g/mol. The van der Waals surface area contributed by atoms with E-state index in [0.29, 0.717) is 28.6 Å². The Bertz CT molecular complexity index is 1390. The molecule has 0 atom stereocenters. The second kappa shape index (κ2) is 7.82. The van der Waals surface area contributed by atoms with Gasteiger partial charge in [0.05, 0.1) is 17.0 Å². The van der Waals surface area contributed by atoms with E-state index < -0.39 is 0 Å². The summed E-state index contributed by atoms with van der Waals surface area (Å²) in [4.78, 5) is 4.70. The maximum Gasteiger partial charge on any atom is 0.187 e. The smallest absolute Gasteiger partial charge is 0.187 e. The minimum Gasteiger partial charge on any atom is -0.382 e. The van der Waals surface area contributed by atoms with Gasteiger partial charge in [0.25, 0.3) is 0 Å². The summed E-state index contributed by atoms with van der Waals surface area (Å²) in [5, 5.41) is 16.1. The third kappa shape index (κ3) is 3.49. The molecule has 0 bridgehead atoms. The molecule has 31 heavy (non-hydrogen) atoms. The number of thiazole rings is 1. The number of aromatic nitrogens is 5. The van der Waals surface area contributed by atoms with Gasteiger partial charge in [0.1, 0.15) is 10.8 Å². The molecule has 5 rings (SSSR count). The molecule has 6 nitrogen and oxygen atoms in total. The standard InChI is InChI=1S/C22H16BrFN6S/c1-2-16-18(13-5-9-15(24)10-6-13)21-28-27-19(20(25)30(21)29-16)22-26-17(11-31-22)12-3-7-14(23)8-4-12/h3-11H,2,25H2,1H3. The van der Waals surface area contributed by atoms with E-state index >= 15 is 0 Å². The van der Waals surface area contributed by atoms with Crippen LogP contribution < -0.4 is 5.73 Å². The van der Waals surface area contributed by atoms with Crippen LogP contribution in [0.1, 0.15) is 12.6 Å². The predicted octanol–water partition coefficient (Wildman–Crippen LogP) is 5.63. The van der Waals surface area contributed by atoms with Crippen molar-refractivity contribution >= 4 is 38.7 Å². The number of nitrogens with two attached hydrogens (primary N) is 1. The number of anilines is 1. The average Bonchev–Trinajstić information content (AvgIpc) is 3.41. The van der Waals surface area contributed by atoms with Crippen LogP contribution in [-0.2, 0) is 6.42 Å². The number of nitrogens with zero attached hydrogens (tertiary/aromatic N) is 5. The first-order valence-corrected chi connectivity index (χ1v) is 11.2. The molecule has 3 heterocycles. The SMILES string of the molecule is CCc1nn2c(N)c(-c3nc(-c4ccc(Br)cc4)cs3)nnc2c1-c1ccc(F)cc1. The van der Waals surface area contributed by atoms with Crippen LogP contribution in [0, 0.1) is 5.82 Å². The van der Waals surface area contributed by atoms with Crippen LogP contribution in [0.4, 0.5) is 10.2 Å². The van der Waals surface area contributed by atoms with Gasteiger partial charge in [-0.2, -0.15) is 9.61 Å². The highest BCUT2D eigenvalue weighted by Gasteiger charge is 2.21. The van der Waals surface area contributed by atoms with Crippen LogP contribution in [0.3, 0.4) is 0 Å². The van der Waals surface area contributed by atoms with Crippen molar-refractivity contribution in [3.8, 4) is 33.1 Å². The highest BCUT2D eigenvalue weighted by atomic mass is 79.9. The van der Waals surface area contributed by atoms with Crippen molar-refractivity contribution in [1.82, 2.24) is 24.8 Å². The Balaban J connectivity index is 1.61. The van der Waals surface area contributed by atoms with Crippen LogP contribution in [0.25, 0.3) is 38.7 Å². The predicted molar refractivity (Wildman–Crippen MR) is 124 cm³/mol. The fraction of sp³-hybridized carbons (Fsp3) is 0.0909. The molecule has 0 saturated carbocycles. The zero-order valence-electron chi connectivity index (χ0n) is 16.4. The normalized spacial score (nSPS) is 11.3. The largest absolute Gasteiger partial charge is 0.382 e. The summed E-state index contributed by atoms with van der Waals surface area (Å²) in [5.41, 5.74) is 11.8. The Morgan fingerprint density at radius 1 is 1.03 bits per heavy atom. The molecule has 3 aromatic heterocycles. The second-order valence-electron chi connectivity index (χ2n) is 6.90. The maximum absolute atomic E-state index is 13.4. The number of halogens is 2. The number of aryl methyl sites for hydroxylation is 1. The summed E-state index contributed by atoms with van der Waals surface area (Å²) >= 11 is 4.90. The van der Waals surface area contributed by atoms with E-state index in [1.54, 1.807) is 16.6 Å². The number of nitrogen functional groups attached to an aromatic ring is 1. The van der Waals surface area contributed by atoms with Crippen molar-refractivity contribution in [2.75, 3.05) is 5.73 Å². The number of hydrogen-bond donors (Lipinski definition) is 1. The highest BCUT2D eigenvalue weighted by Crippen LogP contribution is 2.34. The van der Waals surface area contributed by atoms with Gasteiger partial charge in [0.2, 0.25) is 0 Å². The Labute approximate surface area is 189 Å². The molecule has 0 unspecified atom stereocenters. The number of fused-ring (bicyclic) bond motifs is 1. The molecule has 0 saturated heterocycles. The van der Waals surface area contributed by atoms with E-state index in [2.05, 4.69) is 31.2 Å². The van der Waals surface area contributed by atoms with E-state index in [4.69, 9.17) is 10.7 Å². The summed E-state index contributed by atoms with van der Waals surface area (Å²) in [7, 11) is 0. The Morgan fingerprint density at radius 2 is 1.74 bits per heavy atom. The summed E-state index contributed by atoms with van der Waals surface area (Å²) in [6, 6.07) is 14.2. The lowest BCUT2D eigenvalue weighted by atomic mass is 10.0. The van der Waals surface area contributed by atoms with Gasteiger partial charge in [0, 0.05) is 15.4 Å². The van der Waals surface area contributed by atoms with E-state index in [1.807, 2.05) is 36.6 Å². The molecule has 5 aromatic rings. The van der Waals surface area contributed by atoms with E-state index in [0.717, 1.165) is 32.6 Å². The Kier molecular flexibility index (Phi) is 4.99. The van der Waals surface area contributed by atoms with E-state index in [9.17, 15) is 4.39 Å². The molecule has 2 aromatic carbocycles. The fourth-order valence-electron chi connectivity index (χ4n) is 3.41. The molecule has 9 heteroatoms.